The average molecular weight is 246 g/mol. The number of anilines is 1. The zero-order valence-corrected chi connectivity index (χ0v) is 10.7. The summed E-state index contributed by atoms with van der Waals surface area (Å²) in [7, 11) is 1.88. The first-order chi connectivity index (χ1) is 8.78. The predicted octanol–water partition coefficient (Wildman–Crippen LogP) is 1.75. The van der Waals surface area contributed by atoms with Crippen LogP contribution in [0.3, 0.4) is 0 Å². The standard InChI is InChI=1S/C13H18N4O/c1-10-3-4-11(18-10)5-7-15-12-6-8-16-13(17-12)9-14-2/h3-4,6,8,14H,5,7,9H2,1-2H3,(H,15,16,17). The molecule has 0 bridgehead atoms. The molecule has 18 heavy (non-hydrogen) atoms. The van der Waals surface area contributed by atoms with Crippen molar-refractivity contribution >= 4 is 5.82 Å². The van der Waals surface area contributed by atoms with Gasteiger partial charge in [-0.1, -0.05) is 0 Å². The maximum atomic E-state index is 5.50. The molecule has 0 atom stereocenters. The van der Waals surface area contributed by atoms with Crippen LogP contribution in [0.25, 0.3) is 0 Å². The molecule has 2 heterocycles. The summed E-state index contributed by atoms with van der Waals surface area (Å²) in [6.45, 7) is 3.42. The molecule has 5 nitrogen and oxygen atoms in total. The number of hydrogen-bond donors (Lipinski definition) is 2. The van der Waals surface area contributed by atoms with Gasteiger partial charge in [0.1, 0.15) is 23.2 Å². The Labute approximate surface area is 107 Å². The fraction of sp³-hybridized carbons (Fsp3) is 0.385. The van der Waals surface area contributed by atoms with E-state index in [0.29, 0.717) is 6.54 Å². The van der Waals surface area contributed by atoms with E-state index in [-0.39, 0.29) is 0 Å². The lowest BCUT2D eigenvalue weighted by molar-refractivity contribution is 0.486. The first kappa shape index (κ1) is 12.6. The van der Waals surface area contributed by atoms with Crippen molar-refractivity contribution in [2.75, 3.05) is 18.9 Å². The van der Waals surface area contributed by atoms with Gasteiger partial charge in [0.25, 0.3) is 0 Å². The second-order valence-corrected chi connectivity index (χ2v) is 4.08. The third kappa shape index (κ3) is 3.56. The largest absolute Gasteiger partial charge is 0.466 e. The fourth-order valence-corrected chi connectivity index (χ4v) is 1.67. The Hall–Kier alpha value is -1.88. The smallest absolute Gasteiger partial charge is 0.144 e. The van der Waals surface area contributed by atoms with E-state index in [1.807, 2.05) is 32.2 Å². The van der Waals surface area contributed by atoms with Crippen LogP contribution < -0.4 is 10.6 Å². The van der Waals surface area contributed by atoms with Gasteiger partial charge in [0.15, 0.2) is 0 Å². The van der Waals surface area contributed by atoms with Crippen molar-refractivity contribution in [2.45, 2.75) is 19.9 Å². The molecule has 0 spiro atoms. The van der Waals surface area contributed by atoms with Crippen LogP contribution in [0.4, 0.5) is 5.82 Å². The number of furan rings is 1. The van der Waals surface area contributed by atoms with Crippen LogP contribution in [0.1, 0.15) is 17.3 Å². The van der Waals surface area contributed by atoms with Gasteiger partial charge in [-0.15, -0.1) is 0 Å². The second kappa shape index (κ2) is 6.16. The van der Waals surface area contributed by atoms with Gasteiger partial charge in [0, 0.05) is 19.2 Å². The minimum atomic E-state index is 0.674. The molecule has 0 aromatic carbocycles. The molecule has 0 saturated heterocycles. The SMILES string of the molecule is CNCc1nccc(NCCc2ccc(C)o2)n1. The van der Waals surface area contributed by atoms with Gasteiger partial charge in [-0.3, -0.25) is 0 Å². The average Bonchev–Trinajstić information content (AvgIpc) is 2.76. The van der Waals surface area contributed by atoms with E-state index in [2.05, 4.69) is 20.6 Å². The lowest BCUT2D eigenvalue weighted by Crippen LogP contribution is -2.11. The highest BCUT2D eigenvalue weighted by atomic mass is 16.3. The van der Waals surface area contributed by atoms with E-state index < -0.39 is 0 Å². The molecule has 0 aliphatic carbocycles. The Morgan fingerprint density at radius 1 is 1.28 bits per heavy atom. The Morgan fingerprint density at radius 3 is 2.89 bits per heavy atom. The lowest BCUT2D eigenvalue weighted by atomic mass is 10.3. The number of nitrogens with one attached hydrogen (secondary N) is 2. The molecule has 0 amide bonds. The van der Waals surface area contributed by atoms with E-state index in [1.165, 1.54) is 0 Å². The van der Waals surface area contributed by atoms with Gasteiger partial charge < -0.3 is 15.1 Å². The Bertz CT molecular complexity index is 495. The monoisotopic (exact) mass is 246 g/mol. The Kier molecular flexibility index (Phi) is 4.30. The van der Waals surface area contributed by atoms with Crippen LogP contribution in [0.15, 0.2) is 28.8 Å². The molecular formula is C13H18N4O. The van der Waals surface area contributed by atoms with Crippen LogP contribution in [0, 0.1) is 6.92 Å². The highest BCUT2D eigenvalue weighted by Crippen LogP contribution is 2.08. The van der Waals surface area contributed by atoms with Gasteiger partial charge in [-0.2, -0.15) is 0 Å². The summed E-state index contributed by atoms with van der Waals surface area (Å²) >= 11 is 0. The molecule has 2 rings (SSSR count). The highest BCUT2D eigenvalue weighted by molar-refractivity contribution is 5.33. The van der Waals surface area contributed by atoms with Crippen molar-refractivity contribution in [3.8, 4) is 0 Å². The van der Waals surface area contributed by atoms with E-state index in [4.69, 9.17) is 4.42 Å². The van der Waals surface area contributed by atoms with Crippen LogP contribution in [0.5, 0.6) is 0 Å². The summed E-state index contributed by atoms with van der Waals surface area (Å²) in [5, 5.41) is 6.29. The van der Waals surface area contributed by atoms with Crippen molar-refractivity contribution in [2.24, 2.45) is 0 Å². The molecule has 2 N–H and O–H groups in total. The molecule has 0 unspecified atom stereocenters. The number of rotatable bonds is 6. The molecule has 0 aliphatic heterocycles. The Morgan fingerprint density at radius 2 is 2.17 bits per heavy atom. The van der Waals surface area contributed by atoms with Gasteiger partial charge in [-0.05, 0) is 32.2 Å². The van der Waals surface area contributed by atoms with Crippen molar-refractivity contribution in [1.82, 2.24) is 15.3 Å². The third-order valence-electron chi connectivity index (χ3n) is 2.51. The van der Waals surface area contributed by atoms with Crippen molar-refractivity contribution in [3.05, 3.63) is 41.7 Å². The van der Waals surface area contributed by atoms with Crippen LogP contribution in [-0.4, -0.2) is 23.6 Å². The number of aryl methyl sites for hydroxylation is 1. The quantitative estimate of drug-likeness (QED) is 0.813. The highest BCUT2D eigenvalue weighted by Gasteiger charge is 2.00. The van der Waals surface area contributed by atoms with Gasteiger partial charge in [-0.25, -0.2) is 9.97 Å². The van der Waals surface area contributed by atoms with E-state index in [1.54, 1.807) is 6.20 Å². The van der Waals surface area contributed by atoms with Crippen molar-refractivity contribution in [1.29, 1.82) is 0 Å². The van der Waals surface area contributed by atoms with Gasteiger partial charge in [0.2, 0.25) is 0 Å². The molecule has 0 fully saturated rings. The van der Waals surface area contributed by atoms with E-state index in [9.17, 15) is 0 Å². The minimum Gasteiger partial charge on any atom is -0.466 e. The number of aromatic nitrogens is 2. The van der Waals surface area contributed by atoms with Crippen LogP contribution >= 0.6 is 0 Å². The van der Waals surface area contributed by atoms with Crippen molar-refractivity contribution < 1.29 is 4.42 Å². The summed E-state index contributed by atoms with van der Waals surface area (Å²) < 4.78 is 5.50. The molecular weight excluding hydrogens is 228 g/mol. The summed E-state index contributed by atoms with van der Waals surface area (Å²) in [6.07, 6.45) is 2.61. The molecule has 0 aliphatic rings. The molecule has 0 radical (unpaired) electrons. The molecule has 96 valence electrons. The lowest BCUT2D eigenvalue weighted by Gasteiger charge is -2.05. The second-order valence-electron chi connectivity index (χ2n) is 4.08. The maximum absolute atomic E-state index is 5.50. The van der Waals surface area contributed by atoms with Crippen LogP contribution in [-0.2, 0) is 13.0 Å². The summed E-state index contributed by atoms with van der Waals surface area (Å²) in [5.74, 6) is 3.57. The normalized spacial score (nSPS) is 10.6. The summed E-state index contributed by atoms with van der Waals surface area (Å²) in [5.41, 5.74) is 0. The molecule has 2 aromatic rings. The van der Waals surface area contributed by atoms with Gasteiger partial charge in [0.05, 0.1) is 6.54 Å². The van der Waals surface area contributed by atoms with E-state index >= 15 is 0 Å². The predicted molar refractivity (Wildman–Crippen MR) is 70.4 cm³/mol. The zero-order valence-electron chi connectivity index (χ0n) is 10.7. The maximum Gasteiger partial charge on any atom is 0.144 e. The summed E-state index contributed by atoms with van der Waals surface area (Å²) in [4.78, 5) is 8.55. The zero-order chi connectivity index (χ0) is 12.8. The van der Waals surface area contributed by atoms with Crippen molar-refractivity contribution in [3.63, 3.8) is 0 Å². The number of hydrogen-bond acceptors (Lipinski definition) is 5. The molecule has 2 aromatic heterocycles. The molecule has 5 heteroatoms. The first-order valence-corrected chi connectivity index (χ1v) is 6.03. The molecule has 0 saturated carbocycles. The Balaban J connectivity index is 1.84. The van der Waals surface area contributed by atoms with E-state index in [0.717, 1.165) is 36.1 Å². The van der Waals surface area contributed by atoms with Crippen LogP contribution in [0.2, 0.25) is 0 Å². The fourth-order valence-electron chi connectivity index (χ4n) is 1.67. The summed E-state index contributed by atoms with van der Waals surface area (Å²) in [6, 6.07) is 5.85. The van der Waals surface area contributed by atoms with Gasteiger partial charge >= 0.3 is 0 Å². The number of nitrogens with zero attached hydrogens (tertiary/aromatic N) is 2. The minimum absolute atomic E-state index is 0.674. The first-order valence-electron chi connectivity index (χ1n) is 6.03. The topological polar surface area (TPSA) is 63.0 Å². The third-order valence-corrected chi connectivity index (χ3v) is 2.51.